The summed E-state index contributed by atoms with van der Waals surface area (Å²) in [6.07, 6.45) is 0.294. The normalized spacial score (nSPS) is 10.4. The number of hydrogen-bond donors (Lipinski definition) is 2. The van der Waals surface area contributed by atoms with Crippen LogP contribution in [0.5, 0.6) is 0 Å². The Labute approximate surface area is 150 Å². The Hall–Kier alpha value is -2.85. The number of fused-ring (bicyclic) bond motifs is 1. The van der Waals surface area contributed by atoms with E-state index in [0.717, 1.165) is 16.3 Å². The molecule has 0 heterocycles. The first-order valence-corrected chi connectivity index (χ1v) is 8.29. The number of nitrogens with one attached hydrogen (secondary N) is 2. The van der Waals surface area contributed by atoms with E-state index in [-0.39, 0.29) is 24.7 Å². The van der Waals surface area contributed by atoms with E-state index in [2.05, 4.69) is 10.9 Å². The molecule has 2 N–H and O–H groups in total. The van der Waals surface area contributed by atoms with Crippen LogP contribution in [0.1, 0.15) is 11.1 Å². The molecule has 3 rings (SSSR count). The lowest BCUT2D eigenvalue weighted by Gasteiger charge is -2.09. The fourth-order valence-corrected chi connectivity index (χ4v) is 2.86. The summed E-state index contributed by atoms with van der Waals surface area (Å²) in [7, 11) is 0. The molecule has 0 spiro atoms. The summed E-state index contributed by atoms with van der Waals surface area (Å²) in [5, 5.41) is 2.64. The maximum atomic E-state index is 12.1. The van der Waals surface area contributed by atoms with Gasteiger partial charge in [0.2, 0.25) is 11.8 Å². The third kappa shape index (κ3) is 4.37. The van der Waals surface area contributed by atoms with Crippen molar-refractivity contribution in [1.29, 1.82) is 0 Å². The smallest absolute Gasteiger partial charge is 0.242 e. The van der Waals surface area contributed by atoms with Gasteiger partial charge in [-0.25, -0.2) is 0 Å². The van der Waals surface area contributed by atoms with Gasteiger partial charge >= 0.3 is 0 Å². The maximum absolute atomic E-state index is 12.1. The predicted molar refractivity (Wildman–Crippen MR) is 99.1 cm³/mol. The van der Waals surface area contributed by atoms with Gasteiger partial charge in [0.15, 0.2) is 0 Å². The van der Waals surface area contributed by atoms with Crippen molar-refractivity contribution < 1.29 is 9.59 Å². The number of halogens is 1. The minimum absolute atomic E-state index is 0.105. The zero-order valence-corrected chi connectivity index (χ0v) is 14.2. The van der Waals surface area contributed by atoms with E-state index >= 15 is 0 Å². The second-order valence-electron chi connectivity index (χ2n) is 5.68. The lowest BCUT2D eigenvalue weighted by atomic mass is 10.0. The lowest BCUT2D eigenvalue weighted by Crippen LogP contribution is -2.43. The highest BCUT2D eigenvalue weighted by Crippen LogP contribution is 2.19. The van der Waals surface area contributed by atoms with E-state index < -0.39 is 0 Å². The zero-order chi connectivity index (χ0) is 17.6. The van der Waals surface area contributed by atoms with Crippen molar-refractivity contribution in [3.8, 4) is 0 Å². The molecule has 5 heteroatoms. The van der Waals surface area contributed by atoms with Crippen LogP contribution in [-0.2, 0) is 22.4 Å². The van der Waals surface area contributed by atoms with Crippen LogP contribution in [0.25, 0.3) is 10.8 Å². The minimum Gasteiger partial charge on any atom is -0.273 e. The summed E-state index contributed by atoms with van der Waals surface area (Å²) in [5.74, 6) is -0.594. The van der Waals surface area contributed by atoms with E-state index in [9.17, 15) is 9.59 Å². The third-order valence-electron chi connectivity index (χ3n) is 3.88. The van der Waals surface area contributed by atoms with Crippen LogP contribution in [0.15, 0.2) is 66.7 Å². The number of carbonyl (C=O) groups is 2. The van der Waals surface area contributed by atoms with Gasteiger partial charge in [0, 0.05) is 5.02 Å². The van der Waals surface area contributed by atoms with Crippen LogP contribution >= 0.6 is 11.6 Å². The Kier molecular flexibility index (Phi) is 5.31. The van der Waals surface area contributed by atoms with Crippen molar-refractivity contribution in [2.45, 2.75) is 12.8 Å². The Bertz CT molecular complexity index is 919. The number of carbonyl (C=O) groups excluding carboxylic acids is 2. The van der Waals surface area contributed by atoms with Gasteiger partial charge in [-0.3, -0.25) is 20.4 Å². The summed E-state index contributed by atoms with van der Waals surface area (Å²) in [4.78, 5) is 24.1. The van der Waals surface area contributed by atoms with Crippen molar-refractivity contribution in [3.63, 3.8) is 0 Å². The molecular formula is C20H17ClN2O2. The van der Waals surface area contributed by atoms with Crippen LogP contribution in [0.4, 0.5) is 0 Å². The van der Waals surface area contributed by atoms with Crippen molar-refractivity contribution in [2.75, 3.05) is 0 Å². The van der Waals surface area contributed by atoms with Crippen molar-refractivity contribution in [1.82, 2.24) is 10.9 Å². The van der Waals surface area contributed by atoms with Gasteiger partial charge < -0.3 is 0 Å². The molecular weight excluding hydrogens is 336 g/mol. The highest BCUT2D eigenvalue weighted by atomic mass is 35.5. The molecule has 3 aromatic rings. The first-order valence-electron chi connectivity index (χ1n) is 7.91. The number of hydrogen-bond acceptors (Lipinski definition) is 2. The molecule has 0 aliphatic rings. The highest BCUT2D eigenvalue weighted by molar-refractivity contribution is 6.31. The van der Waals surface area contributed by atoms with Gasteiger partial charge in [0.1, 0.15) is 0 Å². The van der Waals surface area contributed by atoms with Crippen LogP contribution in [0.3, 0.4) is 0 Å². The van der Waals surface area contributed by atoms with Gasteiger partial charge in [0.25, 0.3) is 0 Å². The predicted octanol–water partition coefficient (Wildman–Crippen LogP) is 3.43. The molecule has 0 radical (unpaired) electrons. The van der Waals surface area contributed by atoms with Crippen LogP contribution < -0.4 is 10.9 Å². The van der Waals surface area contributed by atoms with Gasteiger partial charge in [-0.1, -0.05) is 72.3 Å². The molecule has 0 saturated heterocycles. The SMILES string of the molecule is O=C(Cc1ccccc1Cl)NNC(=O)Cc1cccc2ccccc12. The van der Waals surface area contributed by atoms with Gasteiger partial charge in [-0.2, -0.15) is 0 Å². The lowest BCUT2D eigenvalue weighted by molar-refractivity contribution is -0.128. The van der Waals surface area contributed by atoms with E-state index in [1.807, 2.05) is 48.5 Å². The van der Waals surface area contributed by atoms with Crippen molar-refractivity contribution >= 4 is 34.2 Å². The standard InChI is InChI=1S/C20H17ClN2O2/c21-18-11-4-2-7-16(18)13-20(25)23-22-19(24)12-15-9-5-8-14-6-1-3-10-17(14)15/h1-11H,12-13H2,(H,22,24)(H,23,25). The molecule has 2 amide bonds. The minimum atomic E-state index is -0.320. The molecule has 0 unspecified atom stereocenters. The van der Waals surface area contributed by atoms with Crippen LogP contribution in [0, 0.1) is 0 Å². The summed E-state index contributed by atoms with van der Waals surface area (Å²) >= 11 is 6.03. The summed E-state index contributed by atoms with van der Waals surface area (Å²) in [6.45, 7) is 0. The quantitative estimate of drug-likeness (QED) is 0.707. The third-order valence-corrected chi connectivity index (χ3v) is 4.25. The fourth-order valence-electron chi connectivity index (χ4n) is 2.66. The summed E-state index contributed by atoms with van der Waals surface area (Å²) < 4.78 is 0. The second kappa shape index (κ2) is 7.81. The average Bonchev–Trinajstić information content (AvgIpc) is 2.62. The van der Waals surface area contributed by atoms with Crippen molar-refractivity contribution in [2.24, 2.45) is 0 Å². The Balaban J connectivity index is 1.57. The molecule has 0 aliphatic carbocycles. The summed E-state index contributed by atoms with van der Waals surface area (Å²) in [6, 6.07) is 20.8. The topological polar surface area (TPSA) is 58.2 Å². The molecule has 4 nitrogen and oxygen atoms in total. The molecule has 0 saturated carbocycles. The molecule has 0 atom stereocenters. The molecule has 126 valence electrons. The van der Waals surface area contributed by atoms with Crippen LogP contribution in [0.2, 0.25) is 5.02 Å². The average molecular weight is 353 g/mol. The van der Waals surface area contributed by atoms with E-state index in [4.69, 9.17) is 11.6 Å². The highest BCUT2D eigenvalue weighted by Gasteiger charge is 2.10. The van der Waals surface area contributed by atoms with E-state index in [0.29, 0.717) is 10.6 Å². The van der Waals surface area contributed by atoms with Gasteiger partial charge in [-0.15, -0.1) is 0 Å². The zero-order valence-electron chi connectivity index (χ0n) is 13.5. The molecule has 3 aromatic carbocycles. The maximum Gasteiger partial charge on any atom is 0.242 e. The number of benzene rings is 3. The largest absolute Gasteiger partial charge is 0.273 e. The molecule has 0 aromatic heterocycles. The Morgan fingerprint density at radius 1 is 0.720 bits per heavy atom. The molecule has 0 aliphatic heterocycles. The first-order chi connectivity index (χ1) is 12.1. The van der Waals surface area contributed by atoms with Crippen molar-refractivity contribution in [3.05, 3.63) is 82.9 Å². The number of rotatable bonds is 4. The van der Waals surface area contributed by atoms with Gasteiger partial charge in [0.05, 0.1) is 12.8 Å². The Morgan fingerprint density at radius 3 is 2.04 bits per heavy atom. The first kappa shape index (κ1) is 17.0. The van der Waals surface area contributed by atoms with Crippen LogP contribution in [-0.4, -0.2) is 11.8 Å². The fraction of sp³-hybridized carbons (Fsp3) is 0.100. The second-order valence-corrected chi connectivity index (χ2v) is 6.09. The Morgan fingerprint density at radius 2 is 1.28 bits per heavy atom. The van der Waals surface area contributed by atoms with Gasteiger partial charge in [-0.05, 0) is 28.0 Å². The molecule has 0 bridgehead atoms. The van der Waals surface area contributed by atoms with E-state index in [1.165, 1.54) is 0 Å². The molecule has 0 fully saturated rings. The summed E-state index contributed by atoms with van der Waals surface area (Å²) in [5.41, 5.74) is 6.51. The monoisotopic (exact) mass is 352 g/mol. The number of hydrazine groups is 1. The molecule has 25 heavy (non-hydrogen) atoms. The van der Waals surface area contributed by atoms with E-state index in [1.54, 1.807) is 18.2 Å². The number of amides is 2.